The van der Waals surface area contributed by atoms with Crippen molar-refractivity contribution in [1.29, 1.82) is 0 Å². The van der Waals surface area contributed by atoms with E-state index in [0.717, 1.165) is 32.1 Å². The van der Waals surface area contributed by atoms with Gasteiger partial charge >= 0.3 is 5.97 Å². The molecule has 3 aliphatic rings. The van der Waals surface area contributed by atoms with Gasteiger partial charge in [0.25, 0.3) is 11.8 Å². The molecule has 0 bridgehead atoms. The molecule has 0 aromatic rings. The van der Waals surface area contributed by atoms with Gasteiger partial charge in [-0.3, -0.25) is 14.5 Å². The minimum Gasteiger partial charge on any atom is -0.467 e. The van der Waals surface area contributed by atoms with Gasteiger partial charge in [-0.05, 0) is 38.5 Å². The van der Waals surface area contributed by atoms with Crippen LogP contribution in [0.25, 0.3) is 0 Å². The van der Waals surface area contributed by atoms with Gasteiger partial charge in [-0.1, -0.05) is 19.3 Å². The van der Waals surface area contributed by atoms with Crippen LogP contribution in [0.5, 0.6) is 0 Å². The van der Waals surface area contributed by atoms with Crippen LogP contribution in [0.2, 0.25) is 0 Å². The topological polar surface area (TPSA) is 63.7 Å². The van der Waals surface area contributed by atoms with E-state index < -0.39 is 11.5 Å². The molecule has 0 aromatic heterocycles. The zero-order valence-corrected chi connectivity index (χ0v) is 12.4. The van der Waals surface area contributed by atoms with Gasteiger partial charge in [-0.2, -0.15) is 0 Å². The van der Waals surface area contributed by atoms with Crippen LogP contribution >= 0.6 is 0 Å². The second-order valence-corrected chi connectivity index (χ2v) is 6.19. The fourth-order valence-corrected chi connectivity index (χ4v) is 3.97. The first kappa shape index (κ1) is 14.3. The lowest BCUT2D eigenvalue weighted by Gasteiger charge is -2.40. The number of methoxy groups -OCH3 is 1. The predicted molar refractivity (Wildman–Crippen MR) is 75.2 cm³/mol. The lowest BCUT2D eigenvalue weighted by molar-refractivity contribution is -0.167. The number of nitrogens with zero attached hydrogens (tertiary/aromatic N) is 1. The molecule has 0 N–H and O–H groups in total. The van der Waals surface area contributed by atoms with Gasteiger partial charge in [0.2, 0.25) is 0 Å². The molecule has 114 valence electrons. The van der Waals surface area contributed by atoms with Gasteiger partial charge in [0.15, 0.2) is 0 Å². The largest absolute Gasteiger partial charge is 0.467 e. The minimum absolute atomic E-state index is 0.248. The maximum atomic E-state index is 12.7. The van der Waals surface area contributed by atoms with E-state index in [9.17, 15) is 14.4 Å². The van der Waals surface area contributed by atoms with E-state index in [1.165, 1.54) is 12.0 Å². The Bertz CT molecular complexity index is 500. The van der Waals surface area contributed by atoms with Crippen molar-refractivity contribution in [2.75, 3.05) is 7.11 Å². The normalized spacial score (nSPS) is 25.1. The van der Waals surface area contributed by atoms with E-state index in [1.54, 1.807) is 0 Å². The van der Waals surface area contributed by atoms with E-state index in [4.69, 9.17) is 4.74 Å². The number of rotatable bonds is 2. The Kier molecular flexibility index (Phi) is 3.59. The van der Waals surface area contributed by atoms with Crippen LogP contribution in [0.15, 0.2) is 11.1 Å². The SMILES string of the molecule is COC(=O)C1(N2C(=O)C3=C(CCCC3)C2=O)CCCCC1. The number of carbonyl (C=O) groups is 3. The summed E-state index contributed by atoms with van der Waals surface area (Å²) in [4.78, 5) is 39.1. The fraction of sp³-hybridized carbons (Fsp3) is 0.688. The van der Waals surface area contributed by atoms with Gasteiger partial charge in [-0.25, -0.2) is 4.79 Å². The van der Waals surface area contributed by atoms with Gasteiger partial charge < -0.3 is 4.74 Å². The Morgan fingerprint density at radius 3 is 1.95 bits per heavy atom. The molecule has 1 fully saturated rings. The molecule has 5 heteroatoms. The van der Waals surface area contributed by atoms with Crippen molar-refractivity contribution >= 4 is 17.8 Å². The number of carbonyl (C=O) groups excluding carboxylic acids is 3. The molecular weight excluding hydrogens is 270 g/mol. The van der Waals surface area contributed by atoms with Gasteiger partial charge in [-0.15, -0.1) is 0 Å². The summed E-state index contributed by atoms with van der Waals surface area (Å²) in [5, 5.41) is 0. The van der Waals surface area contributed by atoms with E-state index in [1.807, 2.05) is 0 Å². The maximum Gasteiger partial charge on any atom is 0.332 e. The van der Waals surface area contributed by atoms with Crippen LogP contribution in [-0.2, 0) is 19.1 Å². The molecule has 0 aromatic carbocycles. The van der Waals surface area contributed by atoms with Crippen molar-refractivity contribution in [1.82, 2.24) is 4.90 Å². The number of amides is 2. The molecule has 1 saturated carbocycles. The van der Waals surface area contributed by atoms with Gasteiger partial charge in [0, 0.05) is 11.1 Å². The van der Waals surface area contributed by atoms with Crippen LogP contribution in [0.3, 0.4) is 0 Å². The molecule has 2 amide bonds. The molecule has 1 aliphatic heterocycles. The third-order valence-corrected chi connectivity index (χ3v) is 5.06. The molecule has 2 aliphatic carbocycles. The van der Waals surface area contributed by atoms with Crippen LogP contribution in [0.1, 0.15) is 57.8 Å². The number of hydrogen-bond acceptors (Lipinski definition) is 4. The summed E-state index contributed by atoms with van der Waals surface area (Å²) in [6.07, 6.45) is 6.97. The number of imide groups is 1. The first-order valence-corrected chi connectivity index (χ1v) is 7.81. The number of hydrogen-bond donors (Lipinski definition) is 0. The third-order valence-electron chi connectivity index (χ3n) is 5.06. The van der Waals surface area contributed by atoms with E-state index in [-0.39, 0.29) is 11.8 Å². The van der Waals surface area contributed by atoms with Crippen molar-refractivity contribution in [3.8, 4) is 0 Å². The molecule has 0 spiro atoms. The van der Waals surface area contributed by atoms with Crippen molar-refractivity contribution in [3.05, 3.63) is 11.1 Å². The molecule has 0 radical (unpaired) electrons. The molecule has 5 nitrogen and oxygen atoms in total. The molecule has 0 atom stereocenters. The van der Waals surface area contributed by atoms with Gasteiger partial charge in [0.1, 0.15) is 5.54 Å². The second-order valence-electron chi connectivity index (χ2n) is 6.19. The average molecular weight is 291 g/mol. The summed E-state index contributed by atoms with van der Waals surface area (Å²) in [5.74, 6) is -0.937. The van der Waals surface area contributed by atoms with Crippen LogP contribution in [-0.4, -0.2) is 35.3 Å². The highest BCUT2D eigenvalue weighted by molar-refractivity contribution is 6.21. The molecule has 3 rings (SSSR count). The van der Waals surface area contributed by atoms with Crippen LogP contribution in [0, 0.1) is 0 Å². The summed E-state index contributed by atoms with van der Waals surface area (Å²) in [6, 6.07) is 0. The summed E-state index contributed by atoms with van der Waals surface area (Å²) in [7, 11) is 1.33. The zero-order valence-electron chi connectivity index (χ0n) is 12.4. The molecule has 21 heavy (non-hydrogen) atoms. The van der Waals surface area contributed by atoms with Crippen molar-refractivity contribution in [2.45, 2.75) is 63.3 Å². The van der Waals surface area contributed by atoms with Crippen LogP contribution in [0.4, 0.5) is 0 Å². The Labute approximate surface area is 124 Å². The second kappa shape index (κ2) is 5.28. The Hall–Kier alpha value is -1.65. The fourth-order valence-electron chi connectivity index (χ4n) is 3.97. The number of esters is 1. The summed E-state index contributed by atoms with van der Waals surface area (Å²) >= 11 is 0. The average Bonchev–Trinajstić information content (AvgIpc) is 2.79. The molecule has 0 saturated heterocycles. The van der Waals surface area contributed by atoms with E-state index >= 15 is 0 Å². The highest BCUT2D eigenvalue weighted by atomic mass is 16.5. The molecule has 1 heterocycles. The summed E-state index contributed by atoms with van der Waals surface area (Å²) in [5.41, 5.74) is 0.207. The first-order chi connectivity index (χ1) is 10.1. The zero-order chi connectivity index (χ0) is 15.0. The highest BCUT2D eigenvalue weighted by Gasteiger charge is 2.55. The van der Waals surface area contributed by atoms with Crippen LogP contribution < -0.4 is 0 Å². The standard InChI is InChI=1S/C16H21NO4/c1-21-15(20)16(9-5-2-6-10-16)17-13(18)11-7-3-4-8-12(11)14(17)19/h2-10H2,1H3. The summed E-state index contributed by atoms with van der Waals surface area (Å²) < 4.78 is 4.95. The Morgan fingerprint density at radius 1 is 0.952 bits per heavy atom. The van der Waals surface area contributed by atoms with E-state index in [2.05, 4.69) is 0 Å². The Morgan fingerprint density at radius 2 is 1.48 bits per heavy atom. The monoisotopic (exact) mass is 291 g/mol. The molecule has 0 unspecified atom stereocenters. The maximum absolute atomic E-state index is 12.7. The van der Waals surface area contributed by atoms with Gasteiger partial charge in [0.05, 0.1) is 7.11 Å². The van der Waals surface area contributed by atoms with Crippen molar-refractivity contribution in [2.24, 2.45) is 0 Å². The van der Waals surface area contributed by atoms with Crippen molar-refractivity contribution < 1.29 is 19.1 Å². The quantitative estimate of drug-likeness (QED) is 0.577. The van der Waals surface area contributed by atoms with E-state index in [0.29, 0.717) is 36.8 Å². The third kappa shape index (κ3) is 2.01. The number of ether oxygens (including phenoxy) is 1. The smallest absolute Gasteiger partial charge is 0.332 e. The highest BCUT2D eigenvalue weighted by Crippen LogP contribution is 2.42. The Balaban J connectivity index is 1.99. The minimum atomic E-state index is -1.07. The van der Waals surface area contributed by atoms with Crippen molar-refractivity contribution in [3.63, 3.8) is 0 Å². The molecular formula is C16H21NO4. The predicted octanol–water partition coefficient (Wildman–Crippen LogP) is 2.10. The first-order valence-electron chi connectivity index (χ1n) is 7.81. The summed E-state index contributed by atoms with van der Waals surface area (Å²) in [6.45, 7) is 0. The lowest BCUT2D eigenvalue weighted by atomic mass is 9.80. The lowest BCUT2D eigenvalue weighted by Crippen LogP contribution is -2.59.